The molecule has 3 aromatic carbocycles. The van der Waals surface area contributed by atoms with Gasteiger partial charge in [-0.1, -0.05) is 23.7 Å². The summed E-state index contributed by atoms with van der Waals surface area (Å²) in [7, 11) is 0. The van der Waals surface area contributed by atoms with Crippen LogP contribution in [0.15, 0.2) is 66.7 Å². The zero-order chi connectivity index (χ0) is 18.1. The fraction of sp³-hybridized carbons (Fsp3) is 0. The quantitative estimate of drug-likeness (QED) is 0.471. The van der Waals surface area contributed by atoms with Crippen molar-refractivity contribution < 1.29 is 9.18 Å². The fourth-order valence-electron chi connectivity index (χ4n) is 2.56. The van der Waals surface area contributed by atoms with Crippen LogP contribution in [0.25, 0.3) is 20.8 Å². The molecule has 0 spiro atoms. The lowest BCUT2D eigenvalue weighted by atomic mass is 10.1. The van der Waals surface area contributed by atoms with E-state index in [4.69, 9.17) is 11.6 Å². The highest BCUT2D eigenvalue weighted by molar-refractivity contribution is 7.21. The largest absolute Gasteiger partial charge is 0.322 e. The van der Waals surface area contributed by atoms with E-state index in [-0.39, 0.29) is 11.7 Å². The third-order valence-corrected chi connectivity index (χ3v) is 5.25. The summed E-state index contributed by atoms with van der Waals surface area (Å²) in [5.41, 5.74) is 2.63. The standard InChI is InChI=1S/C20H12ClFN2OS/c21-16-10-9-14(23-19(25)12-5-7-13(22)8-6-12)11-15(16)20-24-17-3-1-2-4-18(17)26-20/h1-11H,(H,23,25). The maximum atomic E-state index is 13.0. The summed E-state index contributed by atoms with van der Waals surface area (Å²) in [5, 5.41) is 4.15. The Bertz CT molecular complexity index is 1080. The molecule has 26 heavy (non-hydrogen) atoms. The van der Waals surface area contributed by atoms with Gasteiger partial charge in [-0.2, -0.15) is 0 Å². The molecule has 128 valence electrons. The number of fused-ring (bicyclic) bond motifs is 1. The number of amides is 1. The number of anilines is 1. The number of aromatic nitrogens is 1. The molecule has 0 aliphatic rings. The summed E-state index contributed by atoms with van der Waals surface area (Å²) in [6, 6.07) is 18.5. The molecular weight excluding hydrogens is 371 g/mol. The number of benzene rings is 3. The van der Waals surface area contributed by atoms with Crippen molar-refractivity contribution in [1.82, 2.24) is 4.98 Å². The molecule has 1 aromatic heterocycles. The topological polar surface area (TPSA) is 42.0 Å². The molecule has 4 aromatic rings. The third kappa shape index (κ3) is 3.31. The minimum absolute atomic E-state index is 0.317. The highest BCUT2D eigenvalue weighted by atomic mass is 35.5. The summed E-state index contributed by atoms with van der Waals surface area (Å²) in [4.78, 5) is 16.9. The van der Waals surface area contributed by atoms with Gasteiger partial charge in [0, 0.05) is 16.8 Å². The van der Waals surface area contributed by atoms with Crippen LogP contribution in [0, 0.1) is 5.82 Å². The SMILES string of the molecule is O=C(Nc1ccc(Cl)c(-c2nc3ccccc3s2)c1)c1ccc(F)cc1. The van der Waals surface area contributed by atoms with E-state index in [1.165, 1.54) is 24.3 Å². The van der Waals surface area contributed by atoms with Crippen LogP contribution in [0.5, 0.6) is 0 Å². The monoisotopic (exact) mass is 382 g/mol. The molecule has 1 N–H and O–H groups in total. The molecule has 4 rings (SSSR count). The van der Waals surface area contributed by atoms with Crippen molar-refractivity contribution in [2.45, 2.75) is 0 Å². The van der Waals surface area contributed by atoms with E-state index in [0.29, 0.717) is 16.3 Å². The van der Waals surface area contributed by atoms with Gasteiger partial charge in [0.25, 0.3) is 5.91 Å². The van der Waals surface area contributed by atoms with E-state index in [2.05, 4.69) is 10.3 Å². The van der Waals surface area contributed by atoms with Crippen molar-refractivity contribution >= 4 is 44.7 Å². The number of carbonyl (C=O) groups excluding carboxylic acids is 1. The van der Waals surface area contributed by atoms with Gasteiger partial charge in [-0.25, -0.2) is 9.37 Å². The van der Waals surface area contributed by atoms with Crippen molar-refractivity contribution in [1.29, 1.82) is 0 Å². The maximum Gasteiger partial charge on any atom is 0.255 e. The summed E-state index contributed by atoms with van der Waals surface area (Å²) in [6.45, 7) is 0. The zero-order valence-corrected chi connectivity index (χ0v) is 14.9. The summed E-state index contributed by atoms with van der Waals surface area (Å²) in [5.74, 6) is -0.700. The van der Waals surface area contributed by atoms with Crippen molar-refractivity contribution in [2.24, 2.45) is 0 Å². The molecule has 0 atom stereocenters. The Morgan fingerprint density at radius 3 is 2.58 bits per heavy atom. The predicted octanol–water partition coefficient (Wildman–Crippen LogP) is 6.01. The summed E-state index contributed by atoms with van der Waals surface area (Å²) < 4.78 is 14.1. The van der Waals surface area contributed by atoms with Crippen molar-refractivity contribution in [3.63, 3.8) is 0 Å². The van der Waals surface area contributed by atoms with Gasteiger partial charge in [0.1, 0.15) is 10.8 Å². The molecule has 0 fully saturated rings. The smallest absolute Gasteiger partial charge is 0.255 e. The maximum absolute atomic E-state index is 13.0. The predicted molar refractivity (Wildman–Crippen MR) is 104 cm³/mol. The molecule has 6 heteroatoms. The fourth-order valence-corrected chi connectivity index (χ4v) is 3.82. The molecule has 0 radical (unpaired) electrons. The van der Waals surface area contributed by atoms with Crippen molar-refractivity contribution in [2.75, 3.05) is 5.32 Å². The molecule has 3 nitrogen and oxygen atoms in total. The third-order valence-electron chi connectivity index (χ3n) is 3.85. The number of nitrogens with one attached hydrogen (secondary N) is 1. The molecule has 0 saturated heterocycles. The first-order valence-corrected chi connectivity index (χ1v) is 9.02. The van der Waals surface area contributed by atoms with Crippen LogP contribution in [0.1, 0.15) is 10.4 Å². The van der Waals surface area contributed by atoms with E-state index >= 15 is 0 Å². The van der Waals surface area contributed by atoms with E-state index < -0.39 is 0 Å². The van der Waals surface area contributed by atoms with Gasteiger partial charge in [0.05, 0.1) is 15.2 Å². The number of halogens is 2. The van der Waals surface area contributed by atoms with E-state index in [1.807, 2.05) is 24.3 Å². The molecule has 0 aliphatic heterocycles. The number of thiazole rings is 1. The van der Waals surface area contributed by atoms with Crippen LogP contribution < -0.4 is 5.32 Å². The average molecular weight is 383 g/mol. The van der Waals surface area contributed by atoms with Crippen LogP contribution in [-0.4, -0.2) is 10.9 Å². The number of hydrogen-bond acceptors (Lipinski definition) is 3. The van der Waals surface area contributed by atoms with Gasteiger partial charge in [0.15, 0.2) is 0 Å². The van der Waals surface area contributed by atoms with Gasteiger partial charge in [0.2, 0.25) is 0 Å². The van der Waals surface area contributed by atoms with Gasteiger partial charge in [-0.05, 0) is 54.6 Å². The molecule has 1 amide bonds. The van der Waals surface area contributed by atoms with Crippen LogP contribution in [0.2, 0.25) is 5.02 Å². The second-order valence-corrected chi connectivity index (χ2v) is 7.08. The first-order chi connectivity index (χ1) is 12.6. The molecular formula is C20H12ClFN2OS. The van der Waals surface area contributed by atoms with Crippen LogP contribution in [-0.2, 0) is 0 Å². The van der Waals surface area contributed by atoms with E-state index in [0.717, 1.165) is 20.8 Å². The molecule has 1 heterocycles. The zero-order valence-electron chi connectivity index (χ0n) is 13.4. The Morgan fingerprint density at radius 2 is 1.81 bits per heavy atom. The van der Waals surface area contributed by atoms with Crippen LogP contribution in [0.3, 0.4) is 0 Å². The molecule has 0 bridgehead atoms. The van der Waals surface area contributed by atoms with Crippen LogP contribution >= 0.6 is 22.9 Å². The number of rotatable bonds is 3. The lowest BCUT2D eigenvalue weighted by molar-refractivity contribution is 0.102. The second kappa shape index (κ2) is 6.86. The highest BCUT2D eigenvalue weighted by Crippen LogP contribution is 2.35. The lowest BCUT2D eigenvalue weighted by Gasteiger charge is -2.08. The number of carbonyl (C=O) groups is 1. The van der Waals surface area contributed by atoms with Gasteiger partial charge < -0.3 is 5.32 Å². The second-order valence-electron chi connectivity index (χ2n) is 5.64. The number of nitrogens with zero attached hydrogens (tertiary/aromatic N) is 1. The Kier molecular flexibility index (Phi) is 4.41. The van der Waals surface area contributed by atoms with Gasteiger partial charge in [-0.15, -0.1) is 11.3 Å². The summed E-state index contributed by atoms with van der Waals surface area (Å²) >= 11 is 7.88. The Morgan fingerprint density at radius 1 is 1.04 bits per heavy atom. The van der Waals surface area contributed by atoms with Gasteiger partial charge in [-0.3, -0.25) is 4.79 Å². The first-order valence-electron chi connectivity index (χ1n) is 7.82. The van der Waals surface area contributed by atoms with Crippen molar-refractivity contribution in [3.8, 4) is 10.6 Å². The average Bonchev–Trinajstić information content (AvgIpc) is 3.07. The lowest BCUT2D eigenvalue weighted by Crippen LogP contribution is -2.11. The van der Waals surface area contributed by atoms with Crippen LogP contribution in [0.4, 0.5) is 10.1 Å². The van der Waals surface area contributed by atoms with E-state index in [9.17, 15) is 9.18 Å². The molecule has 0 unspecified atom stereocenters. The highest BCUT2D eigenvalue weighted by Gasteiger charge is 2.12. The van der Waals surface area contributed by atoms with E-state index in [1.54, 1.807) is 29.5 Å². The van der Waals surface area contributed by atoms with Crippen molar-refractivity contribution in [3.05, 3.63) is 83.1 Å². The first kappa shape index (κ1) is 16.7. The summed E-state index contributed by atoms with van der Waals surface area (Å²) in [6.07, 6.45) is 0. The number of para-hydroxylation sites is 1. The number of hydrogen-bond donors (Lipinski definition) is 1. The normalized spacial score (nSPS) is 10.8. The minimum Gasteiger partial charge on any atom is -0.322 e. The minimum atomic E-state index is -0.383. The molecule has 0 aliphatic carbocycles. The Labute approximate surface area is 158 Å². The van der Waals surface area contributed by atoms with Gasteiger partial charge >= 0.3 is 0 Å². The Hall–Kier alpha value is -2.76. The Balaban J connectivity index is 1.65. The molecule has 0 saturated carbocycles.